The predicted molar refractivity (Wildman–Crippen MR) is 161 cm³/mol. The van der Waals surface area contributed by atoms with E-state index < -0.39 is 34.1 Å². The molecule has 11 heteroatoms. The number of amides is 2. The third-order valence-electron chi connectivity index (χ3n) is 5.94. The van der Waals surface area contributed by atoms with E-state index in [-0.39, 0.29) is 33.1 Å². The molecular formula is C29H32Cl3N3O4S. The van der Waals surface area contributed by atoms with Crippen LogP contribution in [0.5, 0.6) is 0 Å². The topological polar surface area (TPSA) is 86.8 Å². The SMILES string of the molecule is CC[C@H](C(=O)NC(C)(C)C)N(Cc1ccc(Cl)cc1)C(=O)CN(c1cc(Cl)ccc1Cl)S(=O)(=O)c1ccccc1. The lowest BCUT2D eigenvalue weighted by atomic mass is 10.1. The highest BCUT2D eigenvalue weighted by Crippen LogP contribution is 2.33. The molecule has 1 atom stereocenters. The second kappa shape index (κ2) is 13.3. The summed E-state index contributed by atoms with van der Waals surface area (Å²) >= 11 is 18.7. The zero-order valence-corrected chi connectivity index (χ0v) is 25.8. The number of nitrogens with one attached hydrogen (secondary N) is 1. The van der Waals surface area contributed by atoms with Gasteiger partial charge in [0.1, 0.15) is 12.6 Å². The van der Waals surface area contributed by atoms with E-state index in [1.807, 2.05) is 20.8 Å². The fourth-order valence-electron chi connectivity index (χ4n) is 4.07. The molecule has 7 nitrogen and oxygen atoms in total. The molecule has 3 aromatic carbocycles. The van der Waals surface area contributed by atoms with Gasteiger partial charge in [-0.15, -0.1) is 0 Å². The van der Waals surface area contributed by atoms with Gasteiger partial charge in [-0.25, -0.2) is 8.42 Å². The molecule has 3 rings (SSSR count). The minimum absolute atomic E-state index is 0.0272. The zero-order chi connectivity index (χ0) is 29.7. The summed E-state index contributed by atoms with van der Waals surface area (Å²) in [6.45, 7) is 6.76. The highest BCUT2D eigenvalue weighted by molar-refractivity contribution is 7.92. The Morgan fingerprint density at radius 3 is 2.08 bits per heavy atom. The lowest BCUT2D eigenvalue weighted by Gasteiger charge is -2.35. The maximum absolute atomic E-state index is 14.1. The maximum Gasteiger partial charge on any atom is 0.264 e. The molecule has 0 aliphatic carbocycles. The lowest BCUT2D eigenvalue weighted by Crippen LogP contribution is -2.55. The van der Waals surface area contributed by atoms with Crippen LogP contribution in [-0.2, 0) is 26.2 Å². The molecule has 214 valence electrons. The summed E-state index contributed by atoms with van der Waals surface area (Å²) in [6.07, 6.45) is 0.296. The summed E-state index contributed by atoms with van der Waals surface area (Å²) in [7, 11) is -4.26. The number of carbonyl (C=O) groups excluding carboxylic acids is 2. The summed E-state index contributed by atoms with van der Waals surface area (Å²) in [4.78, 5) is 28.8. The first-order chi connectivity index (χ1) is 18.7. The molecule has 0 saturated carbocycles. The predicted octanol–water partition coefficient (Wildman–Crippen LogP) is 6.56. The van der Waals surface area contributed by atoms with E-state index in [0.29, 0.717) is 11.4 Å². The van der Waals surface area contributed by atoms with Crippen molar-refractivity contribution in [3.8, 4) is 0 Å². The van der Waals surface area contributed by atoms with Gasteiger partial charge in [0.15, 0.2) is 0 Å². The van der Waals surface area contributed by atoms with Crippen molar-refractivity contribution in [3.05, 3.63) is 93.4 Å². The number of hydrogen-bond donors (Lipinski definition) is 1. The third kappa shape index (κ3) is 8.13. The molecule has 0 bridgehead atoms. The van der Waals surface area contributed by atoms with Gasteiger partial charge in [0.05, 0.1) is 15.6 Å². The highest BCUT2D eigenvalue weighted by Gasteiger charge is 2.35. The van der Waals surface area contributed by atoms with Gasteiger partial charge in [-0.2, -0.15) is 0 Å². The molecule has 0 aliphatic rings. The van der Waals surface area contributed by atoms with E-state index in [2.05, 4.69) is 5.32 Å². The van der Waals surface area contributed by atoms with Crippen LogP contribution in [0.1, 0.15) is 39.7 Å². The van der Waals surface area contributed by atoms with Gasteiger partial charge in [0.25, 0.3) is 10.0 Å². The maximum atomic E-state index is 14.1. The van der Waals surface area contributed by atoms with Crippen molar-refractivity contribution in [3.63, 3.8) is 0 Å². The number of sulfonamides is 1. The van der Waals surface area contributed by atoms with Crippen LogP contribution < -0.4 is 9.62 Å². The van der Waals surface area contributed by atoms with Crippen molar-refractivity contribution in [2.24, 2.45) is 0 Å². The molecule has 1 N–H and O–H groups in total. The summed E-state index contributed by atoms with van der Waals surface area (Å²) in [5.41, 5.74) is 0.222. The Kier molecular flexibility index (Phi) is 10.5. The molecule has 40 heavy (non-hydrogen) atoms. The van der Waals surface area contributed by atoms with Crippen molar-refractivity contribution < 1.29 is 18.0 Å². The number of anilines is 1. The smallest absolute Gasteiger partial charge is 0.264 e. The first-order valence-corrected chi connectivity index (χ1v) is 15.2. The van der Waals surface area contributed by atoms with Gasteiger partial charge in [-0.05, 0) is 75.2 Å². The minimum Gasteiger partial charge on any atom is -0.350 e. The molecule has 0 aliphatic heterocycles. The number of hydrogen-bond acceptors (Lipinski definition) is 4. The van der Waals surface area contributed by atoms with Crippen LogP contribution >= 0.6 is 34.8 Å². The van der Waals surface area contributed by atoms with Gasteiger partial charge < -0.3 is 10.2 Å². The van der Waals surface area contributed by atoms with Crippen molar-refractivity contribution in [1.82, 2.24) is 10.2 Å². The molecule has 0 heterocycles. The monoisotopic (exact) mass is 623 g/mol. The second-order valence-corrected chi connectivity index (χ2v) is 13.4. The standard InChI is InChI=1S/C29H32Cl3N3O4S/c1-5-25(28(37)33-29(2,3)4)34(18-20-11-13-21(30)14-12-20)27(36)19-35(26-17-22(31)15-16-24(26)32)40(38,39)23-9-7-6-8-10-23/h6-17,25H,5,18-19H2,1-4H3,(H,33,37)/t25-/m1/s1. The molecule has 0 saturated heterocycles. The minimum atomic E-state index is -4.26. The molecule has 0 spiro atoms. The fourth-order valence-corrected chi connectivity index (χ4v) is 6.08. The van der Waals surface area contributed by atoms with Gasteiger partial charge in [-0.1, -0.05) is 72.1 Å². The quantitative estimate of drug-likeness (QED) is 0.277. The fraction of sp³-hybridized carbons (Fsp3) is 0.310. The number of benzene rings is 3. The van der Waals surface area contributed by atoms with Crippen LogP contribution in [-0.4, -0.2) is 43.3 Å². The van der Waals surface area contributed by atoms with E-state index in [0.717, 1.165) is 9.87 Å². The van der Waals surface area contributed by atoms with Crippen molar-refractivity contribution in [2.75, 3.05) is 10.8 Å². The second-order valence-electron chi connectivity index (χ2n) is 10.2. The van der Waals surface area contributed by atoms with E-state index in [4.69, 9.17) is 34.8 Å². The first-order valence-electron chi connectivity index (χ1n) is 12.6. The van der Waals surface area contributed by atoms with Gasteiger partial charge in [0.2, 0.25) is 11.8 Å². The van der Waals surface area contributed by atoms with Crippen LogP contribution in [0.4, 0.5) is 5.69 Å². The largest absolute Gasteiger partial charge is 0.350 e. The first kappa shape index (κ1) is 31.7. The Balaban J connectivity index is 2.10. The summed E-state index contributed by atoms with van der Waals surface area (Å²) in [5.74, 6) is -0.947. The van der Waals surface area contributed by atoms with Crippen LogP contribution in [0.15, 0.2) is 77.7 Å². The average Bonchev–Trinajstić information content (AvgIpc) is 2.89. The molecule has 2 amide bonds. The molecule has 0 unspecified atom stereocenters. The molecular weight excluding hydrogens is 593 g/mol. The van der Waals surface area contributed by atoms with Gasteiger partial charge in [-0.3, -0.25) is 13.9 Å². The highest BCUT2D eigenvalue weighted by atomic mass is 35.5. The van der Waals surface area contributed by atoms with Crippen molar-refractivity contribution in [2.45, 2.75) is 57.1 Å². The van der Waals surface area contributed by atoms with Crippen LogP contribution in [0.25, 0.3) is 0 Å². The number of rotatable bonds is 10. The third-order valence-corrected chi connectivity index (χ3v) is 8.52. The molecule has 0 fully saturated rings. The van der Waals surface area contributed by atoms with Crippen molar-refractivity contribution >= 4 is 62.3 Å². The number of halogens is 3. The Morgan fingerprint density at radius 1 is 0.900 bits per heavy atom. The van der Waals surface area contributed by atoms with E-state index in [1.165, 1.54) is 35.2 Å². The Bertz CT molecular complexity index is 1440. The van der Waals surface area contributed by atoms with E-state index in [9.17, 15) is 18.0 Å². The van der Waals surface area contributed by atoms with Crippen LogP contribution in [0.3, 0.4) is 0 Å². The summed E-state index contributed by atoms with van der Waals surface area (Å²) < 4.78 is 28.7. The zero-order valence-electron chi connectivity index (χ0n) is 22.7. The lowest BCUT2D eigenvalue weighted by molar-refractivity contribution is -0.141. The van der Waals surface area contributed by atoms with E-state index in [1.54, 1.807) is 49.4 Å². The Hall–Kier alpha value is -2.78. The molecule has 3 aromatic rings. The summed E-state index contributed by atoms with van der Waals surface area (Å²) in [5, 5.41) is 3.80. The molecule has 0 aromatic heterocycles. The molecule has 0 radical (unpaired) electrons. The normalized spacial score (nSPS) is 12.5. The number of carbonyl (C=O) groups is 2. The van der Waals surface area contributed by atoms with Crippen molar-refractivity contribution in [1.29, 1.82) is 0 Å². The van der Waals surface area contributed by atoms with Crippen LogP contribution in [0.2, 0.25) is 15.1 Å². The summed E-state index contributed by atoms with van der Waals surface area (Å²) in [6, 6.07) is 18.1. The Labute approximate surface area is 251 Å². The Morgan fingerprint density at radius 2 is 1.50 bits per heavy atom. The average molecular weight is 625 g/mol. The number of nitrogens with zero attached hydrogens (tertiary/aromatic N) is 2. The van der Waals surface area contributed by atoms with Crippen LogP contribution in [0, 0.1) is 0 Å². The van der Waals surface area contributed by atoms with Gasteiger partial charge in [0, 0.05) is 22.1 Å². The van der Waals surface area contributed by atoms with Gasteiger partial charge >= 0.3 is 0 Å². The van der Waals surface area contributed by atoms with E-state index >= 15 is 0 Å².